The maximum absolute atomic E-state index is 11.2. The topological polar surface area (TPSA) is 87.0 Å². The molecule has 7 nitrogen and oxygen atoms in total. The van der Waals surface area contributed by atoms with Crippen molar-refractivity contribution in [2.45, 2.75) is 45.6 Å². The Balaban J connectivity index is 2.21. The predicted octanol–water partition coefficient (Wildman–Crippen LogP) is 2.01. The van der Waals surface area contributed by atoms with Crippen molar-refractivity contribution in [3.8, 4) is 5.75 Å². The second kappa shape index (κ2) is 7.10. The Morgan fingerprint density at radius 3 is 2.74 bits per heavy atom. The number of aromatic nitrogens is 1. The first-order chi connectivity index (χ1) is 10.8. The Labute approximate surface area is 138 Å². The molecule has 3 atom stereocenters. The van der Waals surface area contributed by atoms with Crippen LogP contribution < -0.4 is 0 Å². The van der Waals surface area contributed by atoms with Gasteiger partial charge in [-0.1, -0.05) is 12.2 Å². The van der Waals surface area contributed by atoms with Crippen molar-refractivity contribution in [1.29, 1.82) is 0 Å². The Morgan fingerprint density at radius 1 is 1.43 bits per heavy atom. The van der Waals surface area contributed by atoms with Gasteiger partial charge in [0.2, 0.25) is 0 Å². The molecule has 0 aliphatic carbocycles. The van der Waals surface area contributed by atoms with Gasteiger partial charge in [-0.3, -0.25) is 9.59 Å². The Hall–Kier alpha value is -1.93. The second-order valence-electron chi connectivity index (χ2n) is 5.34. The summed E-state index contributed by atoms with van der Waals surface area (Å²) in [5.74, 6) is -0.855. The van der Waals surface area contributed by atoms with Crippen molar-refractivity contribution in [1.82, 2.24) is 4.57 Å². The van der Waals surface area contributed by atoms with Crippen molar-refractivity contribution in [2.75, 3.05) is 6.61 Å². The van der Waals surface area contributed by atoms with Crippen LogP contribution in [0, 0.1) is 11.4 Å². The first-order valence-corrected chi connectivity index (χ1v) is 7.57. The van der Waals surface area contributed by atoms with Gasteiger partial charge < -0.3 is 23.9 Å². The molecule has 2 heterocycles. The van der Waals surface area contributed by atoms with Crippen LogP contribution in [-0.4, -0.2) is 40.4 Å². The van der Waals surface area contributed by atoms with E-state index in [4.69, 9.17) is 26.4 Å². The number of hydrogen-bond donors (Lipinski definition) is 1. The zero-order valence-corrected chi connectivity index (χ0v) is 14.0. The van der Waals surface area contributed by atoms with E-state index >= 15 is 0 Å². The van der Waals surface area contributed by atoms with Crippen LogP contribution in [0.4, 0.5) is 0 Å². The number of carbonyl (C=O) groups is 2. The lowest BCUT2D eigenvalue weighted by atomic mass is 10.2. The number of aromatic hydroxyl groups is 1. The number of esters is 2. The molecule has 0 spiro atoms. The molecule has 0 bridgehead atoms. The van der Waals surface area contributed by atoms with E-state index < -0.39 is 30.4 Å². The summed E-state index contributed by atoms with van der Waals surface area (Å²) in [5.41, 5.74) is 0.553. The number of hydrogen-bond acceptors (Lipinski definition) is 7. The summed E-state index contributed by atoms with van der Waals surface area (Å²) in [6.07, 6.45) is 0.536. The van der Waals surface area contributed by atoms with Crippen LogP contribution in [0.5, 0.6) is 5.75 Å². The molecule has 1 aromatic rings. The molecule has 2 rings (SSSR count). The predicted molar refractivity (Wildman–Crippen MR) is 82.4 cm³/mol. The van der Waals surface area contributed by atoms with Gasteiger partial charge in [0, 0.05) is 26.5 Å². The first kappa shape index (κ1) is 17.4. The Kier molecular flexibility index (Phi) is 5.38. The number of pyridine rings is 1. The number of rotatable bonds is 4. The van der Waals surface area contributed by atoms with E-state index in [0.29, 0.717) is 16.6 Å². The van der Waals surface area contributed by atoms with Gasteiger partial charge in [-0.05, 0) is 13.0 Å². The number of nitrogens with zero attached hydrogens (tertiary/aromatic N) is 1. The monoisotopic (exact) mass is 341 g/mol. The Bertz CT molecular complexity index is 670. The maximum atomic E-state index is 11.2. The van der Waals surface area contributed by atoms with Gasteiger partial charge in [0.15, 0.2) is 5.75 Å². The summed E-state index contributed by atoms with van der Waals surface area (Å²) >= 11 is 5.02. The highest BCUT2D eigenvalue weighted by Crippen LogP contribution is 2.33. The smallest absolute Gasteiger partial charge is 0.303 e. The largest absolute Gasteiger partial charge is 0.505 e. The highest BCUT2D eigenvalue weighted by atomic mass is 32.1. The summed E-state index contributed by atoms with van der Waals surface area (Å²) in [5, 5.41) is 9.97. The molecule has 8 heteroatoms. The third-order valence-corrected chi connectivity index (χ3v) is 3.94. The summed E-state index contributed by atoms with van der Waals surface area (Å²) in [6.45, 7) is 4.32. The van der Waals surface area contributed by atoms with Gasteiger partial charge in [-0.15, -0.1) is 0 Å². The molecule has 1 N–H and O–H groups in total. The van der Waals surface area contributed by atoms with Gasteiger partial charge in [-0.2, -0.15) is 0 Å². The van der Waals surface area contributed by atoms with Crippen LogP contribution in [0.15, 0.2) is 12.3 Å². The molecule has 1 aliphatic rings. The average Bonchev–Trinajstić information content (AvgIpc) is 2.84. The molecule has 1 aromatic heterocycles. The zero-order chi connectivity index (χ0) is 17.1. The minimum atomic E-state index is -0.565. The molecule has 0 radical (unpaired) electrons. The van der Waals surface area contributed by atoms with Crippen LogP contribution in [-0.2, 0) is 23.8 Å². The first-order valence-electron chi connectivity index (χ1n) is 7.16. The minimum Gasteiger partial charge on any atom is -0.505 e. The third kappa shape index (κ3) is 4.08. The highest BCUT2D eigenvalue weighted by Gasteiger charge is 2.39. The molecule has 1 saturated heterocycles. The van der Waals surface area contributed by atoms with Crippen molar-refractivity contribution in [3.63, 3.8) is 0 Å². The van der Waals surface area contributed by atoms with Gasteiger partial charge in [0.25, 0.3) is 0 Å². The van der Waals surface area contributed by atoms with Gasteiger partial charge in [0.05, 0.1) is 10.2 Å². The van der Waals surface area contributed by atoms with Crippen LogP contribution in [0.1, 0.15) is 32.2 Å². The van der Waals surface area contributed by atoms with E-state index in [0.717, 1.165) is 0 Å². The fraction of sp³-hybridized carbons (Fsp3) is 0.533. The number of ether oxygens (including phenoxy) is 3. The van der Waals surface area contributed by atoms with Crippen LogP contribution in [0.25, 0.3) is 0 Å². The minimum absolute atomic E-state index is 0.00547. The molecular weight excluding hydrogens is 322 g/mol. The molecule has 0 saturated carbocycles. The lowest BCUT2D eigenvalue weighted by Gasteiger charge is -2.19. The molecule has 0 aromatic carbocycles. The molecule has 23 heavy (non-hydrogen) atoms. The molecular formula is C15H19NO6S. The van der Waals surface area contributed by atoms with Crippen molar-refractivity contribution < 1.29 is 28.9 Å². The lowest BCUT2D eigenvalue weighted by molar-refractivity contribution is -0.155. The standard InChI is InChI=1S/C15H19NO6S/c1-8-15(19)13(23)4-5-16(8)14-6-11(21-10(3)18)12(22-14)7-20-9(2)17/h4-5,11-12,14,19H,6-7H2,1-3H3/t11?,12?,14-/m1/s1. The van der Waals surface area contributed by atoms with Crippen molar-refractivity contribution in [3.05, 3.63) is 22.5 Å². The highest BCUT2D eigenvalue weighted by molar-refractivity contribution is 7.71. The third-order valence-electron chi connectivity index (χ3n) is 3.61. The van der Waals surface area contributed by atoms with Crippen molar-refractivity contribution in [2.24, 2.45) is 0 Å². The fourth-order valence-corrected chi connectivity index (χ4v) is 2.72. The summed E-state index contributed by atoms with van der Waals surface area (Å²) in [4.78, 5) is 22.2. The summed E-state index contributed by atoms with van der Waals surface area (Å²) in [6, 6.07) is 1.60. The SMILES string of the molecule is CC(=O)OCC1O[C@@H](n2ccc(=S)c(O)c2C)CC1OC(C)=O. The average molecular weight is 341 g/mol. The molecule has 1 fully saturated rings. The normalized spacial score (nSPS) is 23.5. The quantitative estimate of drug-likeness (QED) is 0.662. The maximum Gasteiger partial charge on any atom is 0.303 e. The van der Waals surface area contributed by atoms with E-state index in [9.17, 15) is 14.7 Å². The van der Waals surface area contributed by atoms with Crippen LogP contribution >= 0.6 is 12.2 Å². The van der Waals surface area contributed by atoms with E-state index in [2.05, 4.69) is 0 Å². The van der Waals surface area contributed by atoms with Crippen LogP contribution in [0.2, 0.25) is 0 Å². The van der Waals surface area contributed by atoms with E-state index in [1.54, 1.807) is 23.8 Å². The molecule has 1 aliphatic heterocycles. The molecule has 2 unspecified atom stereocenters. The summed E-state index contributed by atoms with van der Waals surface area (Å²) < 4.78 is 18.1. The van der Waals surface area contributed by atoms with Gasteiger partial charge in [-0.25, -0.2) is 0 Å². The zero-order valence-electron chi connectivity index (χ0n) is 13.1. The molecule has 0 amide bonds. The fourth-order valence-electron chi connectivity index (χ4n) is 2.51. The van der Waals surface area contributed by atoms with Crippen molar-refractivity contribution >= 4 is 24.2 Å². The van der Waals surface area contributed by atoms with Gasteiger partial charge in [0.1, 0.15) is 25.0 Å². The Morgan fingerprint density at radius 2 is 2.13 bits per heavy atom. The second-order valence-corrected chi connectivity index (χ2v) is 5.78. The van der Waals surface area contributed by atoms with E-state index in [1.165, 1.54) is 13.8 Å². The number of carbonyl (C=O) groups excluding carboxylic acids is 2. The lowest BCUT2D eigenvalue weighted by Crippen LogP contribution is -2.31. The van der Waals surface area contributed by atoms with Gasteiger partial charge >= 0.3 is 11.9 Å². The molecule has 126 valence electrons. The van der Waals surface area contributed by atoms with E-state index in [-0.39, 0.29) is 12.4 Å². The summed E-state index contributed by atoms with van der Waals surface area (Å²) in [7, 11) is 0. The van der Waals surface area contributed by atoms with E-state index in [1.807, 2.05) is 0 Å². The van der Waals surface area contributed by atoms with Crippen LogP contribution in [0.3, 0.4) is 0 Å².